The van der Waals surface area contributed by atoms with Gasteiger partial charge in [0.25, 0.3) is 0 Å². The molecule has 0 aromatic heterocycles. The van der Waals surface area contributed by atoms with Gasteiger partial charge in [-0.05, 0) is 86.8 Å². The van der Waals surface area contributed by atoms with Gasteiger partial charge < -0.3 is 4.74 Å². The summed E-state index contributed by atoms with van der Waals surface area (Å²) < 4.78 is 56.8. The van der Waals surface area contributed by atoms with Crippen LogP contribution in [0.25, 0.3) is 0 Å². The lowest BCUT2D eigenvalue weighted by Gasteiger charge is -2.32. The summed E-state index contributed by atoms with van der Waals surface area (Å²) in [7, 11) is 0. The van der Waals surface area contributed by atoms with Crippen LogP contribution in [-0.2, 0) is 0 Å². The largest absolute Gasteiger partial charge is 0.429 e. The lowest BCUT2D eigenvalue weighted by molar-refractivity contribution is -0.0546. The molecule has 1 aromatic rings. The Bertz CT molecular complexity index is 708. The van der Waals surface area contributed by atoms with E-state index < -0.39 is 24.0 Å². The fraction of sp³-hybridized carbons (Fsp3) is 0.714. The number of halogens is 4. The van der Waals surface area contributed by atoms with E-state index in [1.54, 1.807) is 0 Å². The van der Waals surface area contributed by atoms with Crippen molar-refractivity contribution in [3.63, 3.8) is 0 Å². The summed E-state index contributed by atoms with van der Waals surface area (Å²) in [4.78, 5) is 0. The highest BCUT2D eigenvalue weighted by molar-refractivity contribution is 5.33. The first-order valence-electron chi connectivity index (χ1n) is 13.0. The summed E-state index contributed by atoms with van der Waals surface area (Å²) in [6.07, 6.45) is 21.8. The van der Waals surface area contributed by atoms with Crippen LogP contribution in [0.3, 0.4) is 0 Å². The molecular formula is C28H40F4O. The van der Waals surface area contributed by atoms with E-state index in [9.17, 15) is 17.6 Å². The van der Waals surface area contributed by atoms with Gasteiger partial charge in [0.1, 0.15) is 0 Å². The molecule has 2 aliphatic carbocycles. The van der Waals surface area contributed by atoms with Gasteiger partial charge in [-0.15, -0.1) is 0 Å². The standard InChI is InChI=1S/C28H40F4O/c1-2-3-4-5-6-7-20-8-10-21(11-9-20)12-13-22-14-16-23(17-15-22)24-18-25(29)27(26(30)19-24)33-28(31)32/h2-3,18-23,28H,4-17H2,1H3/b3-2+/t20-,21-,22-,23-. The highest BCUT2D eigenvalue weighted by atomic mass is 19.3. The van der Waals surface area contributed by atoms with Crippen LogP contribution in [0.1, 0.15) is 108 Å². The summed E-state index contributed by atoms with van der Waals surface area (Å²) in [5, 5.41) is 0. The SMILES string of the molecule is C/C=C/CCCC[C@H]1CC[C@H](CC[C@H]2CC[C@H](c3cc(F)c(OC(F)F)c(F)c3)CC2)CC1. The van der Waals surface area contributed by atoms with Gasteiger partial charge >= 0.3 is 6.61 Å². The number of alkyl halides is 2. The van der Waals surface area contributed by atoms with Gasteiger partial charge in [0, 0.05) is 0 Å². The van der Waals surface area contributed by atoms with Crippen molar-refractivity contribution in [2.24, 2.45) is 17.8 Å². The van der Waals surface area contributed by atoms with Crippen LogP contribution in [0.2, 0.25) is 0 Å². The molecule has 0 N–H and O–H groups in total. The molecule has 33 heavy (non-hydrogen) atoms. The summed E-state index contributed by atoms with van der Waals surface area (Å²) in [6, 6.07) is 2.34. The Labute approximate surface area is 197 Å². The van der Waals surface area contributed by atoms with Gasteiger partial charge in [0.2, 0.25) is 0 Å². The molecule has 0 heterocycles. The summed E-state index contributed by atoms with van der Waals surface area (Å²) in [5.74, 6) is -0.476. The summed E-state index contributed by atoms with van der Waals surface area (Å²) in [5.41, 5.74) is 0.564. The van der Waals surface area contributed by atoms with Crippen LogP contribution < -0.4 is 4.74 Å². The molecule has 2 aliphatic rings. The molecule has 0 atom stereocenters. The molecule has 0 amide bonds. The molecule has 1 aromatic carbocycles. The second kappa shape index (κ2) is 13.4. The maximum atomic E-state index is 14.1. The molecule has 2 saturated carbocycles. The molecule has 0 unspecified atom stereocenters. The van der Waals surface area contributed by atoms with E-state index in [1.165, 1.54) is 76.3 Å². The molecule has 0 saturated heterocycles. The number of benzene rings is 1. The maximum absolute atomic E-state index is 14.1. The fourth-order valence-corrected chi connectivity index (χ4v) is 5.94. The quantitative estimate of drug-likeness (QED) is 0.178. The number of hydrogen-bond donors (Lipinski definition) is 0. The van der Waals surface area contributed by atoms with Crippen molar-refractivity contribution >= 4 is 0 Å². The molecule has 0 radical (unpaired) electrons. The van der Waals surface area contributed by atoms with Crippen LogP contribution in [0.5, 0.6) is 5.75 Å². The summed E-state index contributed by atoms with van der Waals surface area (Å²) >= 11 is 0. The van der Waals surface area contributed by atoms with Crippen LogP contribution in [0.4, 0.5) is 17.6 Å². The Balaban J connectivity index is 1.34. The zero-order valence-corrected chi connectivity index (χ0v) is 20.0. The second-order valence-corrected chi connectivity index (χ2v) is 10.2. The number of allylic oxidation sites excluding steroid dienone is 2. The van der Waals surface area contributed by atoms with Crippen LogP contribution >= 0.6 is 0 Å². The third kappa shape index (κ3) is 8.33. The van der Waals surface area contributed by atoms with Gasteiger partial charge in [-0.2, -0.15) is 8.78 Å². The van der Waals surface area contributed by atoms with E-state index in [1.807, 2.05) is 0 Å². The van der Waals surface area contributed by atoms with Crippen molar-refractivity contribution < 1.29 is 22.3 Å². The Morgan fingerprint density at radius 1 is 0.818 bits per heavy atom. The van der Waals surface area contributed by atoms with Crippen molar-refractivity contribution in [1.29, 1.82) is 0 Å². The first kappa shape index (κ1) is 26.1. The second-order valence-electron chi connectivity index (χ2n) is 10.2. The molecule has 5 heteroatoms. The van der Waals surface area contributed by atoms with Crippen LogP contribution in [0, 0.1) is 29.4 Å². The van der Waals surface area contributed by atoms with Crippen molar-refractivity contribution in [2.45, 2.75) is 109 Å². The van der Waals surface area contributed by atoms with E-state index in [0.717, 1.165) is 37.5 Å². The van der Waals surface area contributed by atoms with Gasteiger partial charge in [-0.3, -0.25) is 0 Å². The minimum Gasteiger partial charge on any atom is -0.429 e. The lowest BCUT2D eigenvalue weighted by Crippen LogP contribution is -2.18. The number of unbranched alkanes of at least 4 members (excludes halogenated alkanes) is 2. The Hall–Kier alpha value is -1.52. The van der Waals surface area contributed by atoms with Crippen molar-refractivity contribution in [3.05, 3.63) is 41.5 Å². The zero-order chi connectivity index (χ0) is 23.6. The first-order chi connectivity index (χ1) is 16.0. The van der Waals surface area contributed by atoms with E-state index in [0.29, 0.717) is 11.5 Å². The molecule has 0 aliphatic heterocycles. The third-order valence-electron chi connectivity index (χ3n) is 7.96. The first-order valence-corrected chi connectivity index (χ1v) is 13.0. The molecule has 1 nitrogen and oxygen atoms in total. The third-order valence-corrected chi connectivity index (χ3v) is 7.96. The van der Waals surface area contributed by atoms with Crippen LogP contribution in [-0.4, -0.2) is 6.61 Å². The zero-order valence-electron chi connectivity index (χ0n) is 20.0. The summed E-state index contributed by atoms with van der Waals surface area (Å²) in [6.45, 7) is -1.15. The molecule has 0 spiro atoms. The lowest BCUT2D eigenvalue weighted by atomic mass is 9.74. The van der Waals surface area contributed by atoms with E-state index in [2.05, 4.69) is 23.8 Å². The molecule has 0 bridgehead atoms. The predicted molar refractivity (Wildman–Crippen MR) is 126 cm³/mol. The normalized spacial score (nSPS) is 26.2. The monoisotopic (exact) mass is 468 g/mol. The highest BCUT2D eigenvalue weighted by Crippen LogP contribution is 2.41. The number of ether oxygens (including phenoxy) is 1. The number of rotatable bonds is 11. The fourth-order valence-electron chi connectivity index (χ4n) is 5.94. The Morgan fingerprint density at radius 3 is 1.85 bits per heavy atom. The van der Waals surface area contributed by atoms with Crippen molar-refractivity contribution in [3.8, 4) is 5.75 Å². The van der Waals surface area contributed by atoms with Gasteiger partial charge in [-0.25, -0.2) is 8.78 Å². The molecule has 2 fully saturated rings. The predicted octanol–water partition coefficient (Wildman–Crippen LogP) is 9.56. The number of hydrogen-bond acceptors (Lipinski definition) is 1. The van der Waals surface area contributed by atoms with Crippen molar-refractivity contribution in [2.75, 3.05) is 0 Å². The Kier molecular flexibility index (Phi) is 10.6. The van der Waals surface area contributed by atoms with Crippen molar-refractivity contribution in [1.82, 2.24) is 0 Å². The van der Waals surface area contributed by atoms with Crippen LogP contribution in [0.15, 0.2) is 24.3 Å². The average Bonchev–Trinajstić information content (AvgIpc) is 2.81. The van der Waals surface area contributed by atoms with E-state index >= 15 is 0 Å². The smallest absolute Gasteiger partial charge is 0.387 e. The minimum atomic E-state index is -3.24. The topological polar surface area (TPSA) is 9.23 Å². The average molecular weight is 469 g/mol. The van der Waals surface area contributed by atoms with Gasteiger partial charge in [0.05, 0.1) is 0 Å². The maximum Gasteiger partial charge on any atom is 0.387 e. The van der Waals surface area contributed by atoms with E-state index in [-0.39, 0.29) is 5.92 Å². The minimum absolute atomic E-state index is 0.0918. The molecule has 186 valence electrons. The van der Waals surface area contributed by atoms with Gasteiger partial charge in [-0.1, -0.05) is 63.5 Å². The highest BCUT2D eigenvalue weighted by Gasteiger charge is 2.27. The molecular weight excluding hydrogens is 428 g/mol. The van der Waals surface area contributed by atoms with E-state index in [4.69, 9.17) is 0 Å². The van der Waals surface area contributed by atoms with Gasteiger partial charge in [0.15, 0.2) is 17.4 Å². The Morgan fingerprint density at radius 2 is 1.33 bits per heavy atom. The molecule has 3 rings (SSSR count).